The van der Waals surface area contributed by atoms with E-state index in [1.807, 2.05) is 6.07 Å². The van der Waals surface area contributed by atoms with E-state index in [4.69, 9.17) is 10.5 Å². The van der Waals surface area contributed by atoms with Crippen LogP contribution in [-0.4, -0.2) is 42.6 Å². The van der Waals surface area contributed by atoms with E-state index in [0.717, 1.165) is 86.1 Å². The number of carbonyl (C=O) groups is 2. The van der Waals surface area contributed by atoms with Gasteiger partial charge in [-0.25, -0.2) is 4.79 Å². The Hall–Kier alpha value is -3.84. The maximum absolute atomic E-state index is 13.3. The molecular formula is C34H40N4O3. The van der Waals surface area contributed by atoms with Crippen molar-refractivity contribution < 1.29 is 14.3 Å². The molecule has 0 atom stereocenters. The first-order valence-electron chi connectivity index (χ1n) is 14.9. The summed E-state index contributed by atoms with van der Waals surface area (Å²) in [4.78, 5) is 30.1. The molecule has 1 heterocycles. The van der Waals surface area contributed by atoms with Crippen LogP contribution in [0.1, 0.15) is 55.2 Å². The number of rotatable bonds is 7. The maximum atomic E-state index is 13.3. The molecule has 3 aromatic carbocycles. The molecule has 0 unspecified atom stereocenters. The van der Waals surface area contributed by atoms with Crippen molar-refractivity contribution in [3.05, 3.63) is 83.4 Å². The highest BCUT2D eigenvalue weighted by Crippen LogP contribution is 2.37. The Kier molecular flexibility index (Phi) is 7.97. The first-order chi connectivity index (χ1) is 20.0. The fraction of sp³-hybridized carbons (Fsp3) is 0.412. The van der Waals surface area contributed by atoms with Gasteiger partial charge in [-0.1, -0.05) is 48.5 Å². The summed E-state index contributed by atoms with van der Waals surface area (Å²) in [6.45, 7) is 2.28. The smallest absolute Gasteiger partial charge is 0.411 e. The van der Waals surface area contributed by atoms with Crippen LogP contribution in [0.25, 0.3) is 11.1 Å². The first-order valence-corrected chi connectivity index (χ1v) is 14.9. The van der Waals surface area contributed by atoms with Crippen molar-refractivity contribution in [3.8, 4) is 11.1 Å². The number of carbonyl (C=O) groups excluding carboxylic acids is 2. The minimum Gasteiger partial charge on any atom is -0.453 e. The van der Waals surface area contributed by atoms with Crippen LogP contribution >= 0.6 is 0 Å². The lowest BCUT2D eigenvalue weighted by atomic mass is 9.90. The Morgan fingerprint density at radius 1 is 0.927 bits per heavy atom. The fourth-order valence-electron chi connectivity index (χ4n) is 6.36. The Bertz CT molecular complexity index is 1410. The zero-order valence-corrected chi connectivity index (χ0v) is 23.9. The van der Waals surface area contributed by atoms with Gasteiger partial charge in [0.25, 0.3) is 0 Å². The van der Waals surface area contributed by atoms with Gasteiger partial charge in [0.1, 0.15) is 0 Å². The molecule has 2 fully saturated rings. The number of ether oxygens (including phenoxy) is 1. The molecule has 0 bridgehead atoms. The van der Waals surface area contributed by atoms with Crippen molar-refractivity contribution in [3.63, 3.8) is 0 Å². The molecule has 0 radical (unpaired) electrons. The van der Waals surface area contributed by atoms with E-state index in [-0.39, 0.29) is 18.0 Å². The second-order valence-electron chi connectivity index (χ2n) is 11.8. The minimum atomic E-state index is -0.490. The summed E-state index contributed by atoms with van der Waals surface area (Å²) < 4.78 is 4.96. The molecule has 3 N–H and O–H groups in total. The number of nitrogens with two attached hydrogens (primary N) is 1. The van der Waals surface area contributed by atoms with E-state index in [0.29, 0.717) is 12.5 Å². The lowest BCUT2D eigenvalue weighted by Crippen LogP contribution is -2.44. The van der Waals surface area contributed by atoms with Crippen LogP contribution in [0.5, 0.6) is 0 Å². The van der Waals surface area contributed by atoms with Gasteiger partial charge in [0.2, 0.25) is 5.91 Å². The number of methoxy groups -OCH3 is 1. The van der Waals surface area contributed by atoms with E-state index in [1.54, 1.807) is 0 Å². The number of benzene rings is 3. The summed E-state index contributed by atoms with van der Waals surface area (Å²) in [5.74, 6) is 0.489. The Morgan fingerprint density at radius 3 is 2.44 bits per heavy atom. The fourth-order valence-corrected chi connectivity index (χ4v) is 6.36. The monoisotopic (exact) mass is 552 g/mol. The third-order valence-corrected chi connectivity index (χ3v) is 8.90. The first kappa shape index (κ1) is 27.3. The van der Waals surface area contributed by atoms with Crippen molar-refractivity contribution >= 4 is 23.4 Å². The van der Waals surface area contributed by atoms with Crippen LogP contribution < -0.4 is 16.0 Å². The van der Waals surface area contributed by atoms with Crippen molar-refractivity contribution in [1.29, 1.82) is 0 Å². The number of nitrogens with one attached hydrogen (secondary N) is 1. The van der Waals surface area contributed by atoms with Gasteiger partial charge < -0.3 is 20.3 Å². The number of anilines is 2. The second-order valence-corrected chi connectivity index (χ2v) is 11.8. The molecule has 3 aliphatic rings. The van der Waals surface area contributed by atoms with Crippen molar-refractivity contribution in [2.24, 2.45) is 11.7 Å². The molecule has 2 amide bonds. The summed E-state index contributed by atoms with van der Waals surface area (Å²) in [5.41, 5.74) is 13.7. The molecule has 0 spiro atoms. The van der Waals surface area contributed by atoms with Crippen LogP contribution in [-0.2, 0) is 29.0 Å². The lowest BCUT2D eigenvalue weighted by Gasteiger charge is -2.36. The van der Waals surface area contributed by atoms with Crippen molar-refractivity contribution in [2.75, 3.05) is 23.9 Å². The molecule has 214 valence electrons. The SMILES string of the molecule is COC(=O)Nc1cc(-c2cccc(CN(C(=O)C3CC3)C3CCC(N)CC3)c2)ccc1N1CCc2ccccc2C1. The van der Waals surface area contributed by atoms with Gasteiger partial charge >= 0.3 is 6.09 Å². The van der Waals surface area contributed by atoms with Gasteiger partial charge in [-0.15, -0.1) is 0 Å². The molecule has 3 aromatic rings. The van der Waals surface area contributed by atoms with Gasteiger partial charge in [0, 0.05) is 37.6 Å². The van der Waals surface area contributed by atoms with E-state index in [2.05, 4.69) is 75.8 Å². The standard InChI is InChI=1S/C34H40N4O3/c1-41-34(40)36-31-20-27(11-16-32(31)37-18-17-24-6-2-3-7-28(24)22-37)26-8-4-5-23(19-26)21-38(33(39)25-9-10-25)30-14-12-29(35)13-15-30/h2-8,11,16,19-20,25,29-30H,9-10,12-15,17-18,21-22,35H2,1H3,(H,36,40). The summed E-state index contributed by atoms with van der Waals surface area (Å²) in [7, 11) is 1.38. The van der Waals surface area contributed by atoms with Crippen molar-refractivity contribution in [1.82, 2.24) is 4.90 Å². The van der Waals surface area contributed by atoms with E-state index < -0.39 is 6.09 Å². The largest absolute Gasteiger partial charge is 0.453 e. The molecule has 2 saturated carbocycles. The Morgan fingerprint density at radius 2 is 1.68 bits per heavy atom. The van der Waals surface area contributed by atoms with Gasteiger partial charge in [-0.2, -0.15) is 0 Å². The van der Waals surface area contributed by atoms with Crippen molar-refractivity contribution in [2.45, 2.75) is 70.1 Å². The molecule has 0 saturated heterocycles. The van der Waals surface area contributed by atoms with Crippen LogP contribution in [0, 0.1) is 5.92 Å². The van der Waals surface area contributed by atoms with Crippen LogP contribution in [0.2, 0.25) is 0 Å². The number of fused-ring (bicyclic) bond motifs is 1. The van der Waals surface area contributed by atoms with Crippen LogP contribution in [0.15, 0.2) is 66.7 Å². The lowest BCUT2D eigenvalue weighted by molar-refractivity contribution is -0.136. The topological polar surface area (TPSA) is 87.9 Å². The average molecular weight is 553 g/mol. The summed E-state index contributed by atoms with van der Waals surface area (Å²) in [5, 5.41) is 2.95. The van der Waals surface area contributed by atoms with Gasteiger partial charge in [-0.05, 0) is 91.0 Å². The number of nitrogens with zero attached hydrogens (tertiary/aromatic N) is 2. The number of hydrogen-bond donors (Lipinski definition) is 2. The molecule has 7 nitrogen and oxygen atoms in total. The summed E-state index contributed by atoms with van der Waals surface area (Å²) in [6.07, 6.45) is 6.39. The highest BCUT2D eigenvalue weighted by Gasteiger charge is 2.37. The molecule has 1 aliphatic heterocycles. The van der Waals surface area contributed by atoms with Crippen LogP contribution in [0.3, 0.4) is 0 Å². The molecule has 41 heavy (non-hydrogen) atoms. The number of amides is 2. The maximum Gasteiger partial charge on any atom is 0.411 e. The average Bonchev–Trinajstić information content (AvgIpc) is 3.86. The summed E-state index contributed by atoms with van der Waals surface area (Å²) in [6, 6.07) is 23.7. The third-order valence-electron chi connectivity index (χ3n) is 8.90. The summed E-state index contributed by atoms with van der Waals surface area (Å²) >= 11 is 0. The van der Waals surface area contributed by atoms with Gasteiger partial charge in [0.05, 0.1) is 18.5 Å². The van der Waals surface area contributed by atoms with Gasteiger partial charge in [-0.3, -0.25) is 10.1 Å². The quantitative estimate of drug-likeness (QED) is 0.370. The molecule has 0 aromatic heterocycles. The van der Waals surface area contributed by atoms with Crippen LogP contribution in [0.4, 0.5) is 16.2 Å². The van der Waals surface area contributed by atoms with E-state index in [9.17, 15) is 9.59 Å². The molecule has 7 heteroatoms. The third kappa shape index (κ3) is 6.25. The predicted molar refractivity (Wildman–Crippen MR) is 163 cm³/mol. The normalized spacial score (nSPS) is 20.2. The van der Waals surface area contributed by atoms with E-state index >= 15 is 0 Å². The zero-order valence-electron chi connectivity index (χ0n) is 23.9. The van der Waals surface area contributed by atoms with Gasteiger partial charge in [0.15, 0.2) is 0 Å². The zero-order chi connectivity index (χ0) is 28.3. The Balaban J connectivity index is 1.26. The predicted octanol–water partition coefficient (Wildman–Crippen LogP) is 6.10. The second kappa shape index (κ2) is 12.0. The molecule has 6 rings (SSSR count). The highest BCUT2D eigenvalue weighted by atomic mass is 16.5. The highest BCUT2D eigenvalue weighted by molar-refractivity contribution is 5.91. The molecular weight excluding hydrogens is 512 g/mol. The van der Waals surface area contributed by atoms with E-state index in [1.165, 1.54) is 18.2 Å². The molecule has 2 aliphatic carbocycles. The Labute approximate surface area is 242 Å². The number of hydrogen-bond acceptors (Lipinski definition) is 5. The minimum absolute atomic E-state index is 0.190.